The minimum atomic E-state index is -0.556. The maximum absolute atomic E-state index is 13.0. The molecule has 2 heterocycles. The van der Waals surface area contributed by atoms with E-state index in [1.807, 2.05) is 24.3 Å². The number of aromatic amines is 1. The Morgan fingerprint density at radius 3 is 2.76 bits per heavy atom. The van der Waals surface area contributed by atoms with Gasteiger partial charge in [0.05, 0.1) is 11.0 Å². The van der Waals surface area contributed by atoms with Crippen LogP contribution in [-0.2, 0) is 6.42 Å². The number of nitrogens with zero attached hydrogens (tertiary/aromatic N) is 3. The Labute approximate surface area is 145 Å². The van der Waals surface area contributed by atoms with Crippen LogP contribution in [0.3, 0.4) is 0 Å². The van der Waals surface area contributed by atoms with Gasteiger partial charge in [-0.3, -0.25) is 20.0 Å². The van der Waals surface area contributed by atoms with Crippen LogP contribution in [0.1, 0.15) is 40.3 Å². The van der Waals surface area contributed by atoms with Gasteiger partial charge >= 0.3 is 5.69 Å². The molecule has 1 aromatic heterocycles. The zero-order chi connectivity index (χ0) is 18.0. The highest BCUT2D eigenvalue weighted by Gasteiger charge is 2.35. The molecule has 1 aromatic carbocycles. The van der Waals surface area contributed by atoms with Gasteiger partial charge in [-0.1, -0.05) is 31.2 Å². The van der Waals surface area contributed by atoms with Gasteiger partial charge in [0.15, 0.2) is 0 Å². The normalized spacial score (nSPS) is 17.5. The lowest BCUT2D eigenvalue weighted by Gasteiger charge is -2.36. The highest BCUT2D eigenvalue weighted by Crippen LogP contribution is 2.28. The average Bonchev–Trinajstić information content (AvgIpc) is 3.03. The third-order valence-electron chi connectivity index (χ3n) is 4.58. The molecule has 0 saturated carbocycles. The summed E-state index contributed by atoms with van der Waals surface area (Å²) in [6, 6.07) is 7.95. The van der Waals surface area contributed by atoms with Crippen LogP contribution in [-0.4, -0.2) is 45.6 Å². The number of hydrogen-bond donors (Lipinski definition) is 2. The molecule has 3 rings (SSSR count). The molecule has 1 fully saturated rings. The first-order valence-electron chi connectivity index (χ1n) is 8.32. The standard InChI is InChI=1S/C17H21N5O3/c1-3-12-4-6-13(7-5-12)14-10-18-8-9-21(14)17(23)15-16(22(24)25)11(2)19-20-15/h4-7,14,18H,3,8-10H2,1-2H3,(H,19,20). The van der Waals surface area contributed by atoms with E-state index in [4.69, 9.17) is 0 Å². The van der Waals surface area contributed by atoms with E-state index in [0.717, 1.165) is 12.0 Å². The summed E-state index contributed by atoms with van der Waals surface area (Å²) in [6.07, 6.45) is 0.949. The Balaban J connectivity index is 1.92. The maximum Gasteiger partial charge on any atom is 0.322 e. The lowest BCUT2D eigenvalue weighted by atomic mass is 10.0. The molecule has 1 atom stereocenters. The molecule has 0 bridgehead atoms. The average molecular weight is 343 g/mol. The molecule has 2 aromatic rings. The zero-order valence-corrected chi connectivity index (χ0v) is 14.3. The molecule has 1 aliphatic heterocycles. The number of piperazine rings is 1. The first-order valence-corrected chi connectivity index (χ1v) is 8.32. The SMILES string of the molecule is CCc1ccc(C2CNCCN2C(=O)c2n[nH]c(C)c2[N+](=O)[O-])cc1. The van der Waals surface area contributed by atoms with Gasteiger partial charge < -0.3 is 10.2 Å². The molecule has 25 heavy (non-hydrogen) atoms. The number of amides is 1. The van der Waals surface area contributed by atoms with E-state index < -0.39 is 10.8 Å². The molecule has 132 valence electrons. The van der Waals surface area contributed by atoms with Crippen LogP contribution in [0.25, 0.3) is 0 Å². The van der Waals surface area contributed by atoms with Crippen molar-refractivity contribution < 1.29 is 9.72 Å². The van der Waals surface area contributed by atoms with Gasteiger partial charge in [-0.2, -0.15) is 5.10 Å². The van der Waals surface area contributed by atoms with Crippen molar-refractivity contribution in [1.82, 2.24) is 20.4 Å². The molecule has 8 nitrogen and oxygen atoms in total. The van der Waals surface area contributed by atoms with Crippen molar-refractivity contribution >= 4 is 11.6 Å². The number of carbonyl (C=O) groups is 1. The summed E-state index contributed by atoms with van der Waals surface area (Å²) in [5.74, 6) is -0.415. The number of nitrogens with one attached hydrogen (secondary N) is 2. The van der Waals surface area contributed by atoms with Crippen LogP contribution in [0.4, 0.5) is 5.69 Å². The zero-order valence-electron chi connectivity index (χ0n) is 14.3. The van der Waals surface area contributed by atoms with Crippen LogP contribution in [0, 0.1) is 17.0 Å². The van der Waals surface area contributed by atoms with Gasteiger partial charge in [-0.25, -0.2) is 0 Å². The second-order valence-electron chi connectivity index (χ2n) is 6.12. The predicted molar refractivity (Wildman–Crippen MR) is 92.4 cm³/mol. The first-order chi connectivity index (χ1) is 12.0. The van der Waals surface area contributed by atoms with E-state index in [2.05, 4.69) is 22.4 Å². The van der Waals surface area contributed by atoms with Gasteiger partial charge in [-0.15, -0.1) is 0 Å². The molecule has 1 unspecified atom stereocenters. The van der Waals surface area contributed by atoms with Gasteiger partial charge in [0.2, 0.25) is 5.69 Å². The van der Waals surface area contributed by atoms with E-state index in [1.165, 1.54) is 5.56 Å². The fourth-order valence-electron chi connectivity index (χ4n) is 3.15. The monoisotopic (exact) mass is 343 g/mol. The third-order valence-corrected chi connectivity index (χ3v) is 4.58. The topological polar surface area (TPSA) is 104 Å². The smallest absolute Gasteiger partial charge is 0.322 e. The number of H-pyrrole nitrogens is 1. The van der Waals surface area contributed by atoms with Crippen molar-refractivity contribution in [2.45, 2.75) is 26.3 Å². The summed E-state index contributed by atoms with van der Waals surface area (Å²) in [5.41, 5.74) is 2.15. The van der Waals surface area contributed by atoms with Crippen molar-refractivity contribution in [1.29, 1.82) is 0 Å². The van der Waals surface area contributed by atoms with E-state index in [9.17, 15) is 14.9 Å². The number of hydrogen-bond acceptors (Lipinski definition) is 5. The van der Waals surface area contributed by atoms with Crippen LogP contribution in [0.2, 0.25) is 0 Å². The van der Waals surface area contributed by atoms with Crippen molar-refractivity contribution in [3.63, 3.8) is 0 Å². The van der Waals surface area contributed by atoms with Gasteiger partial charge in [-0.05, 0) is 24.5 Å². The molecule has 1 saturated heterocycles. The van der Waals surface area contributed by atoms with Crippen molar-refractivity contribution in [3.8, 4) is 0 Å². The Morgan fingerprint density at radius 1 is 1.40 bits per heavy atom. The van der Waals surface area contributed by atoms with E-state index >= 15 is 0 Å². The lowest BCUT2D eigenvalue weighted by molar-refractivity contribution is -0.385. The van der Waals surface area contributed by atoms with Crippen LogP contribution < -0.4 is 5.32 Å². The van der Waals surface area contributed by atoms with Crippen molar-refractivity contribution in [3.05, 3.63) is 56.9 Å². The van der Waals surface area contributed by atoms with Gasteiger partial charge in [0.25, 0.3) is 5.91 Å². The molecular formula is C17H21N5O3. The largest absolute Gasteiger partial charge is 0.327 e. The minimum Gasteiger partial charge on any atom is -0.327 e. The molecular weight excluding hydrogens is 322 g/mol. The molecule has 2 N–H and O–H groups in total. The second-order valence-corrected chi connectivity index (χ2v) is 6.12. The summed E-state index contributed by atoms with van der Waals surface area (Å²) < 4.78 is 0. The Hall–Kier alpha value is -2.74. The molecule has 1 amide bonds. The van der Waals surface area contributed by atoms with Gasteiger partial charge in [0, 0.05) is 19.6 Å². The third kappa shape index (κ3) is 3.25. The van der Waals surface area contributed by atoms with Crippen LogP contribution in [0.5, 0.6) is 0 Å². The fourth-order valence-corrected chi connectivity index (χ4v) is 3.15. The van der Waals surface area contributed by atoms with Crippen molar-refractivity contribution in [2.75, 3.05) is 19.6 Å². The summed E-state index contributed by atoms with van der Waals surface area (Å²) in [7, 11) is 0. The highest BCUT2D eigenvalue weighted by molar-refractivity contribution is 5.97. The Kier molecular flexibility index (Phi) is 4.80. The molecule has 0 radical (unpaired) electrons. The van der Waals surface area contributed by atoms with Crippen molar-refractivity contribution in [2.24, 2.45) is 0 Å². The number of nitro groups is 1. The van der Waals surface area contributed by atoms with E-state index in [0.29, 0.717) is 19.6 Å². The molecule has 1 aliphatic rings. The van der Waals surface area contributed by atoms with Crippen LogP contribution >= 0.6 is 0 Å². The van der Waals surface area contributed by atoms with E-state index in [1.54, 1.807) is 11.8 Å². The van der Waals surface area contributed by atoms with Crippen LogP contribution in [0.15, 0.2) is 24.3 Å². The number of rotatable bonds is 4. The van der Waals surface area contributed by atoms with E-state index in [-0.39, 0.29) is 23.1 Å². The number of carbonyl (C=O) groups excluding carboxylic acids is 1. The molecule has 8 heteroatoms. The fraction of sp³-hybridized carbons (Fsp3) is 0.412. The summed E-state index contributed by atoms with van der Waals surface area (Å²) in [5, 5.41) is 21.0. The molecule has 0 spiro atoms. The lowest BCUT2D eigenvalue weighted by Crippen LogP contribution is -2.48. The maximum atomic E-state index is 13.0. The van der Waals surface area contributed by atoms with Gasteiger partial charge in [0.1, 0.15) is 5.69 Å². The number of aromatic nitrogens is 2. The predicted octanol–water partition coefficient (Wildman–Crippen LogP) is 1.98. The molecule has 0 aliphatic carbocycles. The summed E-state index contributed by atoms with van der Waals surface area (Å²) in [4.78, 5) is 25.3. The second kappa shape index (κ2) is 7.02. The Bertz CT molecular complexity index is 784. The minimum absolute atomic E-state index is 0.125. The highest BCUT2D eigenvalue weighted by atomic mass is 16.6. The Morgan fingerprint density at radius 2 is 2.12 bits per heavy atom. The number of aryl methyl sites for hydroxylation is 2. The summed E-state index contributed by atoms with van der Waals surface area (Å²) >= 11 is 0. The number of benzene rings is 1. The quantitative estimate of drug-likeness (QED) is 0.652. The first kappa shape index (κ1) is 17.1. The summed E-state index contributed by atoms with van der Waals surface area (Å²) in [6.45, 7) is 5.36.